The molecule has 0 bridgehead atoms. The molecule has 2 aromatic rings. The molecule has 0 saturated heterocycles. The van der Waals surface area contributed by atoms with Gasteiger partial charge in [0.05, 0.1) is 17.5 Å². The number of carbonyl (C=O) groups is 1. The van der Waals surface area contributed by atoms with Crippen LogP contribution in [0.1, 0.15) is 18.2 Å². The Hall–Kier alpha value is -2.25. The standard InChI is InChI=1S/C19H24Cl2FN5O/c1-3-24-19(26-11-15-9-16(20)17(21)27(15)2)25-10-13(18(23)28)8-12-4-6-14(22)7-5-12/h4-7,9,13H,3,8,10-11H2,1-2H3,(H2,23,28)(H2,24,25,26). The van der Waals surface area contributed by atoms with Crippen molar-refractivity contribution in [1.82, 2.24) is 15.2 Å². The fourth-order valence-corrected chi connectivity index (χ4v) is 3.06. The normalized spacial score (nSPS) is 12.7. The van der Waals surface area contributed by atoms with E-state index >= 15 is 0 Å². The maximum atomic E-state index is 13.1. The lowest BCUT2D eigenvalue weighted by atomic mass is 9.98. The lowest BCUT2D eigenvalue weighted by Crippen LogP contribution is -2.43. The van der Waals surface area contributed by atoms with E-state index < -0.39 is 11.8 Å². The molecule has 0 aliphatic rings. The number of nitrogens with zero attached hydrogens (tertiary/aromatic N) is 2. The quantitative estimate of drug-likeness (QED) is 0.447. The first-order chi connectivity index (χ1) is 13.3. The molecule has 0 fully saturated rings. The van der Waals surface area contributed by atoms with E-state index in [1.807, 2.05) is 14.0 Å². The summed E-state index contributed by atoms with van der Waals surface area (Å²) < 4.78 is 14.8. The van der Waals surface area contributed by atoms with Crippen LogP contribution in [0.15, 0.2) is 35.3 Å². The molecule has 0 aliphatic heterocycles. The fourth-order valence-electron chi connectivity index (χ4n) is 2.64. The number of benzene rings is 1. The first kappa shape index (κ1) is 22.0. The van der Waals surface area contributed by atoms with Crippen LogP contribution in [0.5, 0.6) is 0 Å². The highest BCUT2D eigenvalue weighted by Gasteiger charge is 2.17. The maximum Gasteiger partial charge on any atom is 0.222 e. The molecule has 9 heteroatoms. The second-order valence-electron chi connectivity index (χ2n) is 6.34. The predicted octanol–water partition coefficient (Wildman–Crippen LogP) is 2.87. The summed E-state index contributed by atoms with van der Waals surface area (Å²) in [6, 6.07) is 7.78. The molecule has 1 aromatic carbocycles. The zero-order valence-corrected chi connectivity index (χ0v) is 17.3. The minimum atomic E-state index is -0.465. The highest BCUT2D eigenvalue weighted by atomic mass is 35.5. The third-order valence-corrected chi connectivity index (χ3v) is 5.11. The Morgan fingerprint density at radius 1 is 1.29 bits per heavy atom. The Labute approximate surface area is 173 Å². The number of hydrogen-bond donors (Lipinski definition) is 3. The number of aliphatic imine (C=N–C) groups is 1. The van der Waals surface area contributed by atoms with Gasteiger partial charge in [0, 0.05) is 25.8 Å². The van der Waals surface area contributed by atoms with Crippen molar-refractivity contribution in [2.75, 3.05) is 13.1 Å². The van der Waals surface area contributed by atoms with Crippen molar-refractivity contribution in [3.05, 3.63) is 57.6 Å². The van der Waals surface area contributed by atoms with E-state index in [1.54, 1.807) is 22.8 Å². The second-order valence-corrected chi connectivity index (χ2v) is 7.10. The van der Waals surface area contributed by atoms with Crippen LogP contribution in [0.4, 0.5) is 4.39 Å². The largest absolute Gasteiger partial charge is 0.369 e. The van der Waals surface area contributed by atoms with Crippen LogP contribution < -0.4 is 16.4 Å². The van der Waals surface area contributed by atoms with Gasteiger partial charge in [-0.1, -0.05) is 35.3 Å². The molecule has 0 aliphatic carbocycles. The van der Waals surface area contributed by atoms with Crippen LogP contribution in [0, 0.1) is 11.7 Å². The molecule has 1 amide bonds. The Bertz CT molecular complexity index is 836. The van der Waals surface area contributed by atoms with Gasteiger partial charge in [-0.3, -0.25) is 4.79 Å². The summed E-state index contributed by atoms with van der Waals surface area (Å²) in [6.07, 6.45) is 0.408. The number of primary amides is 1. The van der Waals surface area contributed by atoms with Crippen molar-refractivity contribution in [2.24, 2.45) is 23.7 Å². The van der Waals surface area contributed by atoms with E-state index in [1.165, 1.54) is 12.1 Å². The number of hydrogen-bond acceptors (Lipinski definition) is 2. The number of carbonyl (C=O) groups excluding carboxylic acids is 1. The van der Waals surface area contributed by atoms with Gasteiger partial charge in [-0.2, -0.15) is 0 Å². The Morgan fingerprint density at radius 2 is 1.96 bits per heavy atom. The van der Waals surface area contributed by atoms with Crippen molar-refractivity contribution >= 4 is 35.1 Å². The number of nitrogens with one attached hydrogen (secondary N) is 2. The summed E-state index contributed by atoms with van der Waals surface area (Å²) in [7, 11) is 1.81. The SMILES string of the molecule is CCNC(=NCc1cc(Cl)c(Cl)n1C)NCC(Cc1ccc(F)cc1)C(N)=O. The van der Waals surface area contributed by atoms with Crippen LogP contribution in [0.3, 0.4) is 0 Å². The first-order valence-corrected chi connectivity index (χ1v) is 9.63. The molecule has 6 nitrogen and oxygen atoms in total. The fraction of sp³-hybridized carbons (Fsp3) is 0.368. The summed E-state index contributed by atoms with van der Waals surface area (Å²) in [6.45, 7) is 3.25. The van der Waals surface area contributed by atoms with Gasteiger partial charge in [-0.25, -0.2) is 9.38 Å². The van der Waals surface area contributed by atoms with Crippen molar-refractivity contribution in [3.63, 3.8) is 0 Å². The van der Waals surface area contributed by atoms with Crippen LogP contribution in [0.25, 0.3) is 0 Å². The number of rotatable bonds is 8. The van der Waals surface area contributed by atoms with Crippen molar-refractivity contribution < 1.29 is 9.18 Å². The number of aromatic nitrogens is 1. The number of halogens is 3. The number of guanidine groups is 1. The number of nitrogens with two attached hydrogens (primary N) is 1. The van der Waals surface area contributed by atoms with Gasteiger partial charge in [-0.15, -0.1) is 0 Å². The molecule has 1 heterocycles. The first-order valence-electron chi connectivity index (χ1n) is 8.87. The molecule has 152 valence electrons. The van der Waals surface area contributed by atoms with E-state index in [-0.39, 0.29) is 5.82 Å². The van der Waals surface area contributed by atoms with E-state index in [9.17, 15) is 9.18 Å². The summed E-state index contributed by atoms with van der Waals surface area (Å²) in [5, 5.41) is 7.18. The molecule has 1 unspecified atom stereocenters. The van der Waals surface area contributed by atoms with Crippen molar-refractivity contribution in [2.45, 2.75) is 19.9 Å². The Balaban J connectivity index is 2.03. The van der Waals surface area contributed by atoms with E-state index in [0.717, 1.165) is 11.3 Å². The lowest BCUT2D eigenvalue weighted by Gasteiger charge is -2.17. The number of amides is 1. The summed E-state index contributed by atoms with van der Waals surface area (Å²) in [5.41, 5.74) is 7.22. The molecule has 28 heavy (non-hydrogen) atoms. The molecular weight excluding hydrogens is 404 g/mol. The Kier molecular flexibility index (Phi) is 8.14. The average molecular weight is 428 g/mol. The summed E-state index contributed by atoms with van der Waals surface area (Å²) >= 11 is 12.1. The molecule has 1 atom stereocenters. The highest BCUT2D eigenvalue weighted by Crippen LogP contribution is 2.25. The zero-order chi connectivity index (χ0) is 20.7. The zero-order valence-electron chi connectivity index (χ0n) is 15.8. The minimum Gasteiger partial charge on any atom is -0.369 e. The average Bonchev–Trinajstić information content (AvgIpc) is 2.91. The van der Waals surface area contributed by atoms with Gasteiger partial charge in [-0.05, 0) is 37.1 Å². The summed E-state index contributed by atoms with van der Waals surface area (Å²) in [5.74, 6) is -0.678. The molecular formula is C19H24Cl2FN5O. The molecule has 0 spiro atoms. The monoisotopic (exact) mass is 427 g/mol. The van der Waals surface area contributed by atoms with Crippen LogP contribution >= 0.6 is 23.2 Å². The molecule has 0 radical (unpaired) electrons. The van der Waals surface area contributed by atoms with Crippen LogP contribution in [-0.4, -0.2) is 29.5 Å². The topological polar surface area (TPSA) is 84.4 Å². The van der Waals surface area contributed by atoms with Crippen molar-refractivity contribution in [1.29, 1.82) is 0 Å². The lowest BCUT2D eigenvalue weighted by molar-refractivity contribution is -0.121. The van der Waals surface area contributed by atoms with E-state index in [2.05, 4.69) is 15.6 Å². The maximum absolute atomic E-state index is 13.1. The highest BCUT2D eigenvalue weighted by molar-refractivity contribution is 6.41. The molecule has 1 aromatic heterocycles. The van der Waals surface area contributed by atoms with Gasteiger partial charge in [0.1, 0.15) is 11.0 Å². The summed E-state index contributed by atoms with van der Waals surface area (Å²) in [4.78, 5) is 16.3. The second kappa shape index (κ2) is 10.3. The van der Waals surface area contributed by atoms with Gasteiger partial charge >= 0.3 is 0 Å². The predicted molar refractivity (Wildman–Crippen MR) is 111 cm³/mol. The van der Waals surface area contributed by atoms with Crippen LogP contribution in [0.2, 0.25) is 10.2 Å². The van der Waals surface area contributed by atoms with Crippen molar-refractivity contribution in [3.8, 4) is 0 Å². The van der Waals surface area contributed by atoms with Gasteiger partial charge in [0.25, 0.3) is 0 Å². The van der Waals surface area contributed by atoms with E-state index in [0.29, 0.717) is 42.2 Å². The third-order valence-electron chi connectivity index (χ3n) is 4.27. The minimum absolute atomic E-state index is 0.299. The van der Waals surface area contributed by atoms with E-state index in [4.69, 9.17) is 28.9 Å². The molecule has 4 N–H and O–H groups in total. The van der Waals surface area contributed by atoms with Crippen LogP contribution in [-0.2, 0) is 24.8 Å². The van der Waals surface area contributed by atoms with Gasteiger partial charge in [0.15, 0.2) is 5.96 Å². The third kappa shape index (κ3) is 6.14. The molecule has 2 rings (SSSR count). The Morgan fingerprint density at radius 3 is 2.50 bits per heavy atom. The smallest absolute Gasteiger partial charge is 0.222 e. The van der Waals surface area contributed by atoms with Gasteiger partial charge in [0.2, 0.25) is 5.91 Å². The van der Waals surface area contributed by atoms with Gasteiger partial charge < -0.3 is 20.9 Å². The molecule has 0 saturated carbocycles.